The van der Waals surface area contributed by atoms with Gasteiger partial charge in [0.25, 0.3) is 0 Å². The van der Waals surface area contributed by atoms with Crippen molar-refractivity contribution in [1.29, 1.82) is 0 Å². The third kappa shape index (κ3) is 45.4. The highest BCUT2D eigenvalue weighted by molar-refractivity contribution is 7.47. The van der Waals surface area contributed by atoms with Gasteiger partial charge in [0.1, 0.15) is 19.3 Å². The minimum Gasteiger partial charge on any atom is -0.456 e. The van der Waals surface area contributed by atoms with Crippen LogP contribution in [0.4, 0.5) is 0 Å². The second-order valence-corrected chi connectivity index (χ2v) is 20.9. The molecule has 3 unspecified atom stereocenters. The SMILES string of the molecule is CCCC/C=C\CCCCCCCC(=O)OC(/C=C/CCCCCCCCCCCC)C(COP(=O)(O)OCC[N+](C)(C)C)NC(=O)CCCCCCCCCCCCCCCC. The number of unbranched alkanes of at least 4 members (excludes halogenated alkanes) is 30. The van der Waals surface area contributed by atoms with Crippen LogP contribution in [0.2, 0.25) is 0 Å². The van der Waals surface area contributed by atoms with Crippen molar-refractivity contribution in [3.63, 3.8) is 0 Å². The molecule has 0 spiro atoms. The number of nitrogens with zero attached hydrogens (tertiary/aromatic N) is 1. The Morgan fingerprint density at radius 3 is 1.40 bits per heavy atom. The lowest BCUT2D eigenvalue weighted by atomic mass is 10.0. The Morgan fingerprint density at radius 2 is 0.937 bits per heavy atom. The zero-order valence-corrected chi connectivity index (χ0v) is 43.2. The van der Waals surface area contributed by atoms with Gasteiger partial charge in [0, 0.05) is 12.8 Å². The van der Waals surface area contributed by atoms with E-state index in [1.807, 2.05) is 33.3 Å². The maximum absolute atomic E-state index is 13.4. The van der Waals surface area contributed by atoms with E-state index in [-0.39, 0.29) is 31.5 Å². The molecule has 0 aliphatic carbocycles. The molecule has 3 atom stereocenters. The van der Waals surface area contributed by atoms with Gasteiger partial charge < -0.3 is 19.4 Å². The monoisotopic (exact) mass is 912 g/mol. The Bertz CT molecular complexity index is 1140. The smallest absolute Gasteiger partial charge is 0.456 e. The summed E-state index contributed by atoms with van der Waals surface area (Å²) >= 11 is 0. The zero-order valence-electron chi connectivity index (χ0n) is 42.3. The van der Waals surface area contributed by atoms with Crippen molar-refractivity contribution in [2.75, 3.05) is 40.9 Å². The molecule has 0 saturated carbocycles. The fourth-order valence-electron chi connectivity index (χ4n) is 7.69. The highest BCUT2D eigenvalue weighted by atomic mass is 31.2. The van der Waals surface area contributed by atoms with E-state index in [2.05, 4.69) is 38.2 Å². The van der Waals surface area contributed by atoms with E-state index >= 15 is 0 Å². The lowest BCUT2D eigenvalue weighted by molar-refractivity contribution is -0.870. The normalized spacial score (nSPS) is 14.1. The van der Waals surface area contributed by atoms with Gasteiger partial charge in [-0.05, 0) is 51.0 Å². The molecular weight excluding hydrogens is 808 g/mol. The minimum atomic E-state index is -4.43. The molecule has 9 nitrogen and oxygen atoms in total. The average Bonchev–Trinajstić information content (AvgIpc) is 3.23. The Morgan fingerprint density at radius 1 is 0.540 bits per heavy atom. The van der Waals surface area contributed by atoms with Crippen LogP contribution in [-0.4, -0.2) is 74.3 Å². The van der Waals surface area contributed by atoms with Crippen LogP contribution in [0.5, 0.6) is 0 Å². The van der Waals surface area contributed by atoms with Crippen LogP contribution in [0, 0.1) is 0 Å². The largest absolute Gasteiger partial charge is 0.472 e. The number of amides is 1. The first kappa shape index (κ1) is 61.5. The summed E-state index contributed by atoms with van der Waals surface area (Å²) in [4.78, 5) is 37.4. The summed E-state index contributed by atoms with van der Waals surface area (Å²) in [5.41, 5.74) is 0. The minimum absolute atomic E-state index is 0.0419. The number of rotatable bonds is 48. The van der Waals surface area contributed by atoms with Crippen LogP contribution >= 0.6 is 7.82 Å². The van der Waals surface area contributed by atoms with E-state index in [1.54, 1.807) is 0 Å². The van der Waals surface area contributed by atoms with E-state index in [4.69, 9.17) is 13.8 Å². The molecule has 2 N–H and O–H groups in total. The number of nitrogens with one attached hydrogen (secondary N) is 1. The van der Waals surface area contributed by atoms with Crippen molar-refractivity contribution in [3.05, 3.63) is 24.3 Å². The van der Waals surface area contributed by atoms with Crippen LogP contribution < -0.4 is 5.32 Å². The first-order valence-corrected chi connectivity index (χ1v) is 28.2. The first-order valence-electron chi connectivity index (χ1n) is 26.7. The fraction of sp³-hybridized carbons (Fsp3) is 0.887. The number of quaternary nitrogens is 1. The number of phosphoric ester groups is 1. The molecule has 0 aromatic carbocycles. The Kier molecular flexibility index (Phi) is 43.3. The maximum atomic E-state index is 13.4. The molecule has 0 aromatic heterocycles. The molecule has 0 heterocycles. The molecule has 0 aliphatic heterocycles. The van der Waals surface area contributed by atoms with Crippen molar-refractivity contribution in [2.24, 2.45) is 0 Å². The van der Waals surface area contributed by atoms with Crippen LogP contribution in [-0.2, 0) is 27.9 Å². The molecule has 0 aromatic rings. The van der Waals surface area contributed by atoms with E-state index in [9.17, 15) is 19.0 Å². The van der Waals surface area contributed by atoms with E-state index < -0.39 is 20.0 Å². The number of hydrogen-bond acceptors (Lipinski definition) is 6. The number of allylic oxidation sites excluding steroid dienone is 3. The van der Waals surface area contributed by atoms with Crippen LogP contribution in [0.1, 0.15) is 252 Å². The Hall–Kier alpha value is -1.51. The van der Waals surface area contributed by atoms with Crippen molar-refractivity contribution >= 4 is 19.7 Å². The molecule has 0 aliphatic rings. The summed E-state index contributed by atoms with van der Waals surface area (Å²) in [6.07, 6.45) is 48.8. The molecule has 0 bridgehead atoms. The third-order valence-corrected chi connectivity index (χ3v) is 12.9. The Balaban J connectivity index is 5.40. The van der Waals surface area contributed by atoms with Gasteiger partial charge in [-0.2, -0.15) is 0 Å². The van der Waals surface area contributed by atoms with E-state index in [0.29, 0.717) is 17.4 Å². The lowest BCUT2D eigenvalue weighted by Gasteiger charge is -2.27. The molecule has 63 heavy (non-hydrogen) atoms. The van der Waals surface area contributed by atoms with Gasteiger partial charge in [0.2, 0.25) is 5.91 Å². The fourth-order valence-corrected chi connectivity index (χ4v) is 8.42. The molecule has 1 amide bonds. The van der Waals surface area contributed by atoms with Crippen molar-refractivity contribution < 1.29 is 37.3 Å². The number of ether oxygens (including phenoxy) is 1. The molecule has 10 heteroatoms. The van der Waals surface area contributed by atoms with Gasteiger partial charge in [-0.3, -0.25) is 18.6 Å². The van der Waals surface area contributed by atoms with Crippen molar-refractivity contribution in [1.82, 2.24) is 5.32 Å². The van der Waals surface area contributed by atoms with Gasteiger partial charge in [-0.15, -0.1) is 0 Å². The lowest BCUT2D eigenvalue weighted by Crippen LogP contribution is -2.47. The van der Waals surface area contributed by atoms with Crippen LogP contribution in [0.3, 0.4) is 0 Å². The zero-order chi connectivity index (χ0) is 46.5. The summed E-state index contributed by atoms with van der Waals surface area (Å²) in [6, 6.07) is -0.843. The summed E-state index contributed by atoms with van der Waals surface area (Å²) in [5.74, 6) is -0.509. The van der Waals surface area contributed by atoms with Gasteiger partial charge >= 0.3 is 13.8 Å². The van der Waals surface area contributed by atoms with Gasteiger partial charge in [0.05, 0.1) is 33.8 Å². The van der Waals surface area contributed by atoms with Crippen LogP contribution in [0.15, 0.2) is 24.3 Å². The van der Waals surface area contributed by atoms with Gasteiger partial charge in [-0.1, -0.05) is 212 Å². The summed E-state index contributed by atoms with van der Waals surface area (Å²) < 4.78 is 30.5. The summed E-state index contributed by atoms with van der Waals surface area (Å²) in [5, 5.41) is 3.04. The van der Waals surface area contributed by atoms with Gasteiger partial charge in [-0.25, -0.2) is 4.57 Å². The second-order valence-electron chi connectivity index (χ2n) is 19.4. The number of likely N-dealkylation sites (N-methyl/N-ethyl adjacent to an activating group) is 1. The third-order valence-electron chi connectivity index (χ3n) is 11.9. The molecule has 0 fully saturated rings. The highest BCUT2D eigenvalue weighted by Gasteiger charge is 2.30. The quantitative estimate of drug-likeness (QED) is 0.0206. The number of phosphoric acid groups is 1. The summed E-state index contributed by atoms with van der Waals surface area (Å²) in [7, 11) is 1.50. The topological polar surface area (TPSA) is 111 Å². The maximum Gasteiger partial charge on any atom is 0.472 e. The van der Waals surface area contributed by atoms with Crippen molar-refractivity contribution in [3.8, 4) is 0 Å². The van der Waals surface area contributed by atoms with Gasteiger partial charge in [0.15, 0.2) is 0 Å². The standard InChI is InChI=1S/C53H103N2O7P/c1-7-10-13-16-19-22-25-27-28-31-33-36-39-42-45-52(56)54-50(49-61-63(58,59)60-48-47-55(4,5)6)51(44-41-38-35-32-30-26-23-20-17-14-11-8-2)62-53(57)46-43-40-37-34-29-24-21-18-15-12-9-3/h18,21,41,44,50-51H,7-17,19-20,22-40,42-43,45-49H2,1-6H3,(H-,54,56,58,59)/p+1/b21-18-,44-41+. The van der Waals surface area contributed by atoms with E-state index in [0.717, 1.165) is 83.5 Å². The number of hydrogen-bond donors (Lipinski definition) is 2. The molecular formula is C53H104N2O7P+. The first-order chi connectivity index (χ1) is 30.4. The molecule has 0 saturated heterocycles. The number of carbonyl (C=O) groups is 2. The number of carbonyl (C=O) groups excluding carboxylic acids is 2. The molecule has 0 radical (unpaired) electrons. The average molecular weight is 912 g/mol. The van der Waals surface area contributed by atoms with Crippen molar-refractivity contribution in [2.45, 2.75) is 264 Å². The van der Waals surface area contributed by atoms with E-state index in [1.165, 1.54) is 135 Å². The predicted molar refractivity (Wildman–Crippen MR) is 268 cm³/mol. The second kappa shape index (κ2) is 44.3. The molecule has 372 valence electrons. The highest BCUT2D eigenvalue weighted by Crippen LogP contribution is 2.43. The Labute approximate surface area is 390 Å². The van der Waals surface area contributed by atoms with Crippen LogP contribution in [0.25, 0.3) is 0 Å². The number of esters is 1. The summed E-state index contributed by atoms with van der Waals surface area (Å²) in [6.45, 7) is 6.97. The molecule has 0 rings (SSSR count). The predicted octanol–water partition coefficient (Wildman–Crippen LogP) is 15.4.